The van der Waals surface area contributed by atoms with E-state index < -0.39 is 30.0 Å². The summed E-state index contributed by atoms with van der Waals surface area (Å²) in [6.45, 7) is 3.11. The maximum Gasteiger partial charge on any atom is 0.330 e. The number of carbonyl (C=O) groups excluding carboxylic acids is 3. The predicted molar refractivity (Wildman–Crippen MR) is 137 cm³/mol. The molecule has 2 aromatic rings. The van der Waals surface area contributed by atoms with Gasteiger partial charge in [0.15, 0.2) is 11.5 Å². The fourth-order valence-corrected chi connectivity index (χ4v) is 4.69. The van der Waals surface area contributed by atoms with Crippen molar-refractivity contribution in [1.29, 1.82) is 0 Å². The predicted octanol–water partition coefficient (Wildman–Crippen LogP) is 2.97. The maximum atomic E-state index is 13.3. The summed E-state index contributed by atoms with van der Waals surface area (Å²) in [5.41, 5.74) is 8.61. The van der Waals surface area contributed by atoms with Crippen molar-refractivity contribution in [3.63, 3.8) is 0 Å². The van der Waals surface area contributed by atoms with E-state index in [0.29, 0.717) is 30.8 Å². The first-order valence-corrected chi connectivity index (χ1v) is 12.5. The molecular weight excluding hydrogens is 476 g/mol. The minimum atomic E-state index is -0.944. The van der Waals surface area contributed by atoms with E-state index in [4.69, 9.17) is 24.7 Å². The van der Waals surface area contributed by atoms with Gasteiger partial charge in [0.25, 0.3) is 0 Å². The lowest BCUT2D eigenvalue weighted by Crippen LogP contribution is -2.47. The van der Waals surface area contributed by atoms with Crippen molar-refractivity contribution < 1.29 is 33.3 Å². The van der Waals surface area contributed by atoms with E-state index in [0.717, 1.165) is 23.1 Å². The van der Waals surface area contributed by atoms with Gasteiger partial charge in [0.05, 0.1) is 27.4 Å². The maximum absolute atomic E-state index is 13.3. The normalized spacial score (nSPS) is 16.0. The second-order valence-corrected chi connectivity index (χ2v) is 9.01. The number of carbonyl (C=O) groups is 3. The number of hydrogen-bond acceptors (Lipinski definition) is 9. The highest BCUT2D eigenvalue weighted by atomic mass is 16.6. The molecule has 1 aliphatic rings. The summed E-state index contributed by atoms with van der Waals surface area (Å²) in [6, 6.07) is 11.6. The zero-order valence-corrected chi connectivity index (χ0v) is 21.9. The number of esters is 3. The standard InChI is InChI=1S/C28H36N2O7/c1-5-36-28(33)23(13-11-19-9-7-6-8-10-19)30(17-26(31)37-27(32)18(2)29)22-14-12-20-15-24(34-3)25(35-4)16-21(20)22/h6-10,15-16,18,22-23H,5,11-14,17,29H2,1-4H3/t18-,22?,23?/m0/s1. The largest absolute Gasteiger partial charge is 0.493 e. The first kappa shape index (κ1) is 28.1. The number of benzene rings is 2. The molecule has 0 spiro atoms. The number of methoxy groups -OCH3 is 2. The van der Waals surface area contributed by atoms with Crippen LogP contribution in [0.15, 0.2) is 42.5 Å². The highest BCUT2D eigenvalue weighted by Gasteiger charge is 2.39. The molecule has 2 unspecified atom stereocenters. The van der Waals surface area contributed by atoms with E-state index in [1.165, 1.54) is 6.92 Å². The minimum Gasteiger partial charge on any atom is -0.493 e. The molecule has 0 bridgehead atoms. The van der Waals surface area contributed by atoms with Gasteiger partial charge in [0.2, 0.25) is 0 Å². The van der Waals surface area contributed by atoms with Gasteiger partial charge in [-0.05, 0) is 68.4 Å². The zero-order valence-electron chi connectivity index (χ0n) is 21.9. The molecule has 37 heavy (non-hydrogen) atoms. The van der Waals surface area contributed by atoms with Crippen molar-refractivity contribution in [3.05, 3.63) is 59.2 Å². The Morgan fingerprint density at radius 2 is 1.73 bits per heavy atom. The van der Waals surface area contributed by atoms with Crippen LogP contribution >= 0.6 is 0 Å². The van der Waals surface area contributed by atoms with Crippen molar-refractivity contribution in [2.24, 2.45) is 5.73 Å². The lowest BCUT2D eigenvalue weighted by Gasteiger charge is -2.35. The summed E-state index contributed by atoms with van der Waals surface area (Å²) >= 11 is 0. The van der Waals surface area contributed by atoms with Gasteiger partial charge in [-0.2, -0.15) is 0 Å². The lowest BCUT2D eigenvalue weighted by atomic mass is 9.99. The molecular formula is C28H36N2O7. The van der Waals surface area contributed by atoms with Gasteiger partial charge in [-0.3, -0.25) is 14.5 Å². The number of hydrogen-bond donors (Lipinski definition) is 1. The molecule has 0 aliphatic heterocycles. The van der Waals surface area contributed by atoms with Crippen molar-refractivity contribution in [2.75, 3.05) is 27.4 Å². The van der Waals surface area contributed by atoms with Crippen LogP contribution in [0.3, 0.4) is 0 Å². The van der Waals surface area contributed by atoms with Gasteiger partial charge in [0.1, 0.15) is 12.1 Å². The molecule has 1 aliphatic carbocycles. The van der Waals surface area contributed by atoms with E-state index in [1.807, 2.05) is 42.5 Å². The van der Waals surface area contributed by atoms with Crippen LogP contribution in [0.2, 0.25) is 0 Å². The fraction of sp³-hybridized carbons (Fsp3) is 0.464. The van der Waals surface area contributed by atoms with Crippen LogP contribution in [0.4, 0.5) is 0 Å². The van der Waals surface area contributed by atoms with Crippen LogP contribution in [0.5, 0.6) is 11.5 Å². The van der Waals surface area contributed by atoms with E-state index in [1.54, 1.807) is 26.0 Å². The summed E-state index contributed by atoms with van der Waals surface area (Å²) in [6.07, 6.45) is 2.39. The second kappa shape index (κ2) is 13.2. The molecule has 2 N–H and O–H groups in total. The van der Waals surface area contributed by atoms with Crippen LogP contribution in [-0.4, -0.2) is 62.3 Å². The van der Waals surface area contributed by atoms with E-state index in [9.17, 15) is 14.4 Å². The molecule has 0 fully saturated rings. The topological polar surface area (TPSA) is 117 Å². The molecule has 2 aromatic carbocycles. The minimum absolute atomic E-state index is 0.203. The summed E-state index contributed by atoms with van der Waals surface area (Å²) in [5, 5.41) is 0. The third-order valence-corrected chi connectivity index (χ3v) is 6.50. The van der Waals surface area contributed by atoms with Crippen molar-refractivity contribution in [2.45, 2.75) is 57.7 Å². The lowest BCUT2D eigenvalue weighted by molar-refractivity contribution is -0.163. The highest BCUT2D eigenvalue weighted by molar-refractivity contribution is 5.89. The molecule has 3 rings (SSSR count). The highest BCUT2D eigenvalue weighted by Crippen LogP contribution is 2.43. The average molecular weight is 513 g/mol. The van der Waals surface area contributed by atoms with Crippen LogP contribution in [0, 0.1) is 0 Å². The van der Waals surface area contributed by atoms with E-state index >= 15 is 0 Å². The fourth-order valence-electron chi connectivity index (χ4n) is 4.69. The quantitative estimate of drug-likeness (QED) is 0.338. The molecule has 200 valence electrons. The van der Waals surface area contributed by atoms with Crippen LogP contribution in [0.1, 0.15) is 49.4 Å². The Balaban J connectivity index is 1.99. The molecule has 0 saturated carbocycles. The summed E-state index contributed by atoms with van der Waals surface area (Å²) < 4.78 is 21.4. The van der Waals surface area contributed by atoms with Gasteiger partial charge in [-0.25, -0.2) is 4.79 Å². The van der Waals surface area contributed by atoms with Crippen molar-refractivity contribution in [3.8, 4) is 11.5 Å². The number of ether oxygens (including phenoxy) is 4. The number of nitrogens with two attached hydrogens (primary N) is 1. The Labute approximate surface area is 217 Å². The molecule has 0 saturated heterocycles. The van der Waals surface area contributed by atoms with Gasteiger partial charge < -0.3 is 24.7 Å². The van der Waals surface area contributed by atoms with Gasteiger partial charge in [-0.15, -0.1) is 0 Å². The average Bonchev–Trinajstić information content (AvgIpc) is 3.30. The molecule has 0 amide bonds. The molecule has 0 aromatic heterocycles. The number of fused-ring (bicyclic) bond motifs is 1. The van der Waals surface area contributed by atoms with Crippen LogP contribution < -0.4 is 15.2 Å². The number of nitrogens with zero attached hydrogens (tertiary/aromatic N) is 1. The Morgan fingerprint density at radius 1 is 1.05 bits per heavy atom. The van der Waals surface area contributed by atoms with Crippen LogP contribution in [0.25, 0.3) is 0 Å². The third-order valence-electron chi connectivity index (χ3n) is 6.50. The summed E-state index contributed by atoms with van der Waals surface area (Å²) in [4.78, 5) is 39.9. The van der Waals surface area contributed by atoms with Crippen molar-refractivity contribution in [1.82, 2.24) is 4.90 Å². The van der Waals surface area contributed by atoms with Gasteiger partial charge >= 0.3 is 17.9 Å². The smallest absolute Gasteiger partial charge is 0.330 e. The molecule has 9 heteroatoms. The van der Waals surface area contributed by atoms with Gasteiger partial charge in [0, 0.05) is 6.04 Å². The first-order valence-electron chi connectivity index (χ1n) is 12.5. The van der Waals surface area contributed by atoms with E-state index in [-0.39, 0.29) is 19.2 Å². The number of aryl methyl sites for hydroxylation is 2. The van der Waals surface area contributed by atoms with Crippen LogP contribution in [-0.2, 0) is 36.7 Å². The third kappa shape index (κ3) is 7.08. The molecule has 9 nitrogen and oxygen atoms in total. The number of rotatable bonds is 12. The Hall–Kier alpha value is -3.43. The Kier molecular flexibility index (Phi) is 10.0. The Morgan fingerprint density at radius 3 is 2.35 bits per heavy atom. The SMILES string of the molecule is CCOC(=O)C(CCc1ccccc1)N(CC(=O)OC(=O)[C@H](C)N)C1CCc2cc(OC)c(OC)cc21. The molecule has 3 atom stereocenters. The zero-order chi connectivity index (χ0) is 26.9. The van der Waals surface area contributed by atoms with Gasteiger partial charge in [-0.1, -0.05) is 30.3 Å². The molecule has 0 heterocycles. The molecule has 0 radical (unpaired) electrons. The second-order valence-electron chi connectivity index (χ2n) is 9.01. The summed E-state index contributed by atoms with van der Waals surface area (Å²) in [5.74, 6) is -0.856. The van der Waals surface area contributed by atoms with E-state index in [2.05, 4.69) is 0 Å². The first-order chi connectivity index (χ1) is 17.8. The summed E-state index contributed by atoms with van der Waals surface area (Å²) in [7, 11) is 3.14. The monoisotopic (exact) mass is 512 g/mol. The Bertz CT molecular complexity index is 1090. The van der Waals surface area contributed by atoms with Crippen molar-refractivity contribution >= 4 is 17.9 Å².